The van der Waals surface area contributed by atoms with Gasteiger partial charge >= 0.3 is 0 Å². The third kappa shape index (κ3) is 3.37. The zero-order valence-corrected chi connectivity index (χ0v) is 12.1. The Labute approximate surface area is 128 Å². The Morgan fingerprint density at radius 2 is 2.05 bits per heavy atom. The van der Waals surface area contributed by atoms with Gasteiger partial charge in [0.25, 0.3) is 0 Å². The third-order valence-electron chi connectivity index (χ3n) is 3.61. The molecule has 0 unspecified atom stereocenters. The predicted molar refractivity (Wildman–Crippen MR) is 81.3 cm³/mol. The van der Waals surface area contributed by atoms with Crippen LogP contribution < -0.4 is 9.64 Å². The van der Waals surface area contributed by atoms with Crippen LogP contribution in [0.5, 0.6) is 5.75 Å². The zero-order valence-electron chi connectivity index (χ0n) is 12.1. The van der Waals surface area contributed by atoms with Crippen molar-refractivity contribution in [2.45, 2.75) is 12.7 Å². The maximum atomic E-state index is 14.1. The lowest BCUT2D eigenvalue weighted by atomic mass is 10.2. The summed E-state index contributed by atoms with van der Waals surface area (Å²) < 4.78 is 25.0. The molecule has 0 bridgehead atoms. The van der Waals surface area contributed by atoms with E-state index in [1.165, 1.54) is 6.07 Å². The van der Waals surface area contributed by atoms with Gasteiger partial charge in [0.2, 0.25) is 0 Å². The van der Waals surface area contributed by atoms with E-state index in [9.17, 15) is 4.39 Å². The van der Waals surface area contributed by atoms with Crippen LogP contribution in [0.3, 0.4) is 0 Å². The molecule has 5 heteroatoms. The van der Waals surface area contributed by atoms with Gasteiger partial charge in [-0.15, -0.1) is 0 Å². The molecule has 22 heavy (non-hydrogen) atoms. The summed E-state index contributed by atoms with van der Waals surface area (Å²) in [7, 11) is 0. The number of benzene rings is 2. The van der Waals surface area contributed by atoms with Gasteiger partial charge in [-0.3, -0.25) is 0 Å². The average molecular weight is 303 g/mol. The largest absolute Gasteiger partial charge is 0.486 e. The predicted octanol–water partition coefficient (Wildman–Crippen LogP) is 2.56. The summed E-state index contributed by atoms with van der Waals surface area (Å²) in [5.74, 6) is -0.174. The molecule has 116 valence electrons. The molecule has 1 aliphatic rings. The van der Waals surface area contributed by atoms with Crippen molar-refractivity contribution in [3.63, 3.8) is 0 Å². The van der Waals surface area contributed by atoms with E-state index in [2.05, 4.69) is 0 Å². The molecule has 0 amide bonds. The summed E-state index contributed by atoms with van der Waals surface area (Å²) in [6.07, 6.45) is -0.211. The molecule has 1 fully saturated rings. The Morgan fingerprint density at radius 1 is 1.23 bits per heavy atom. The number of hydrogen-bond donors (Lipinski definition) is 1. The van der Waals surface area contributed by atoms with Gasteiger partial charge in [0, 0.05) is 18.3 Å². The molecule has 0 aromatic heterocycles. The van der Waals surface area contributed by atoms with Gasteiger partial charge in [-0.1, -0.05) is 30.3 Å². The number of nitrogens with zero attached hydrogens (tertiary/aromatic N) is 1. The number of halogens is 1. The highest BCUT2D eigenvalue weighted by Crippen LogP contribution is 2.26. The maximum absolute atomic E-state index is 14.1. The average Bonchev–Trinajstić information content (AvgIpc) is 3.04. The molecular weight excluding hydrogens is 285 g/mol. The van der Waals surface area contributed by atoms with Crippen LogP contribution in [0.2, 0.25) is 0 Å². The Balaban J connectivity index is 1.65. The van der Waals surface area contributed by atoms with E-state index in [-0.39, 0.29) is 18.5 Å². The first-order valence-electron chi connectivity index (χ1n) is 7.20. The first-order chi connectivity index (χ1) is 10.8. The minimum Gasteiger partial charge on any atom is -0.486 e. The lowest BCUT2D eigenvalue weighted by Gasteiger charge is -2.17. The summed E-state index contributed by atoms with van der Waals surface area (Å²) in [6.45, 7) is 1.21. The van der Waals surface area contributed by atoms with E-state index >= 15 is 0 Å². The Morgan fingerprint density at radius 3 is 2.73 bits per heavy atom. The van der Waals surface area contributed by atoms with Crippen molar-refractivity contribution in [3.8, 4) is 5.75 Å². The first-order valence-corrected chi connectivity index (χ1v) is 7.20. The van der Waals surface area contributed by atoms with Gasteiger partial charge in [0.05, 0.1) is 6.61 Å². The van der Waals surface area contributed by atoms with Crippen LogP contribution in [0.1, 0.15) is 5.56 Å². The topological polar surface area (TPSA) is 41.9 Å². The van der Waals surface area contributed by atoms with E-state index in [4.69, 9.17) is 14.6 Å². The smallest absolute Gasteiger partial charge is 0.167 e. The van der Waals surface area contributed by atoms with Gasteiger partial charge in [-0.05, 0) is 17.7 Å². The van der Waals surface area contributed by atoms with E-state index in [1.54, 1.807) is 12.1 Å². The number of aliphatic hydroxyl groups excluding tert-OH is 1. The second kappa shape index (κ2) is 6.77. The molecule has 0 aliphatic carbocycles. The Hall–Kier alpha value is -2.11. The standard InChI is InChI=1S/C17H18FNO3/c18-16-8-14(19-9-15(10-20)22-12-19)6-7-17(16)21-11-13-4-2-1-3-5-13/h1-8,15,20H,9-12H2/t15-/m1/s1. The zero-order chi connectivity index (χ0) is 15.4. The molecule has 1 saturated heterocycles. The fourth-order valence-corrected chi connectivity index (χ4v) is 2.38. The van der Waals surface area contributed by atoms with Gasteiger partial charge in [0.15, 0.2) is 11.6 Å². The van der Waals surface area contributed by atoms with E-state index in [0.29, 0.717) is 19.9 Å². The second-order valence-corrected chi connectivity index (χ2v) is 5.21. The van der Waals surface area contributed by atoms with Crippen molar-refractivity contribution in [1.82, 2.24) is 0 Å². The fraction of sp³-hybridized carbons (Fsp3) is 0.294. The normalized spacial score (nSPS) is 17.7. The molecule has 0 spiro atoms. The molecule has 4 nitrogen and oxygen atoms in total. The highest BCUT2D eigenvalue weighted by Gasteiger charge is 2.23. The highest BCUT2D eigenvalue weighted by molar-refractivity contribution is 5.50. The molecule has 1 atom stereocenters. The van der Waals surface area contributed by atoms with Gasteiger partial charge in [0.1, 0.15) is 19.4 Å². The third-order valence-corrected chi connectivity index (χ3v) is 3.61. The van der Waals surface area contributed by atoms with Gasteiger partial charge < -0.3 is 19.5 Å². The van der Waals surface area contributed by atoms with Crippen molar-refractivity contribution in [1.29, 1.82) is 0 Å². The van der Waals surface area contributed by atoms with Crippen LogP contribution in [0.15, 0.2) is 48.5 Å². The number of ether oxygens (including phenoxy) is 2. The lowest BCUT2D eigenvalue weighted by Crippen LogP contribution is -2.23. The van der Waals surface area contributed by atoms with Crippen molar-refractivity contribution in [3.05, 3.63) is 59.9 Å². The summed E-state index contributed by atoms with van der Waals surface area (Å²) in [5, 5.41) is 9.06. The molecule has 1 heterocycles. The number of anilines is 1. The van der Waals surface area contributed by atoms with Gasteiger partial charge in [-0.2, -0.15) is 0 Å². The van der Waals surface area contributed by atoms with Crippen LogP contribution in [0.25, 0.3) is 0 Å². The Bertz CT molecular complexity index is 621. The molecule has 0 radical (unpaired) electrons. The maximum Gasteiger partial charge on any atom is 0.167 e. The fourth-order valence-electron chi connectivity index (χ4n) is 2.38. The molecule has 3 rings (SSSR count). The van der Waals surface area contributed by atoms with Crippen LogP contribution in [0, 0.1) is 5.82 Å². The molecular formula is C17H18FNO3. The summed E-state index contributed by atoms with van der Waals surface area (Å²) in [4.78, 5) is 1.88. The van der Waals surface area contributed by atoms with Crippen molar-refractivity contribution >= 4 is 5.69 Å². The van der Waals surface area contributed by atoms with Crippen LogP contribution in [0.4, 0.5) is 10.1 Å². The summed E-state index contributed by atoms with van der Waals surface area (Å²) in [6, 6.07) is 14.5. The first kappa shape index (κ1) is 14.8. The van der Waals surface area contributed by atoms with Crippen molar-refractivity contribution in [2.75, 3.05) is 24.8 Å². The van der Waals surface area contributed by atoms with Crippen LogP contribution in [-0.4, -0.2) is 31.1 Å². The highest BCUT2D eigenvalue weighted by atomic mass is 19.1. The number of rotatable bonds is 5. The number of aliphatic hydroxyl groups is 1. The monoisotopic (exact) mass is 303 g/mol. The quantitative estimate of drug-likeness (QED) is 0.922. The summed E-state index contributed by atoms with van der Waals surface area (Å²) in [5.41, 5.74) is 1.71. The molecule has 1 aliphatic heterocycles. The minimum absolute atomic E-state index is 0.0305. The van der Waals surface area contributed by atoms with Crippen molar-refractivity contribution < 1.29 is 19.0 Å². The van der Waals surface area contributed by atoms with Crippen molar-refractivity contribution in [2.24, 2.45) is 0 Å². The molecule has 1 N–H and O–H groups in total. The van der Waals surface area contributed by atoms with Gasteiger partial charge in [-0.25, -0.2) is 4.39 Å². The second-order valence-electron chi connectivity index (χ2n) is 5.21. The van der Waals surface area contributed by atoms with Crippen LogP contribution in [-0.2, 0) is 11.3 Å². The molecule has 2 aromatic carbocycles. The molecule has 2 aromatic rings. The summed E-state index contributed by atoms with van der Waals surface area (Å²) >= 11 is 0. The number of hydrogen-bond acceptors (Lipinski definition) is 4. The minimum atomic E-state index is -0.402. The van der Waals surface area contributed by atoms with E-state index in [1.807, 2.05) is 35.2 Å². The van der Waals surface area contributed by atoms with E-state index < -0.39 is 5.82 Å². The SMILES string of the molecule is OC[C@H]1CN(c2ccc(OCc3ccccc3)c(F)c2)CO1. The van der Waals surface area contributed by atoms with E-state index in [0.717, 1.165) is 11.3 Å². The molecule has 0 saturated carbocycles. The lowest BCUT2D eigenvalue weighted by molar-refractivity contribution is 0.0645. The Kier molecular flexibility index (Phi) is 4.56. The van der Waals surface area contributed by atoms with Crippen LogP contribution >= 0.6 is 0 Å².